The van der Waals surface area contributed by atoms with Gasteiger partial charge in [0.2, 0.25) is 0 Å². The van der Waals surface area contributed by atoms with E-state index < -0.39 is 0 Å². The SMILES string of the molecule is CC1CC=C(Br)C(Br)C1. The smallest absolute Gasteiger partial charge is 0.0460 e. The molecule has 0 aromatic heterocycles. The molecule has 0 aliphatic heterocycles. The van der Waals surface area contributed by atoms with Gasteiger partial charge in [-0.3, -0.25) is 0 Å². The lowest BCUT2D eigenvalue weighted by Crippen LogP contribution is -2.09. The first-order chi connectivity index (χ1) is 4.20. The van der Waals surface area contributed by atoms with Gasteiger partial charge in [-0.05, 0) is 18.8 Å². The molecule has 1 aliphatic rings. The van der Waals surface area contributed by atoms with Crippen LogP contribution in [0.2, 0.25) is 0 Å². The second-order valence-corrected chi connectivity index (χ2v) is 4.65. The first-order valence-electron chi connectivity index (χ1n) is 3.19. The molecule has 0 aromatic rings. The van der Waals surface area contributed by atoms with Crippen molar-refractivity contribution < 1.29 is 0 Å². The fraction of sp³-hybridized carbons (Fsp3) is 0.714. The Bertz CT molecular complexity index is 129. The van der Waals surface area contributed by atoms with E-state index in [9.17, 15) is 0 Å². The summed E-state index contributed by atoms with van der Waals surface area (Å²) in [5.41, 5.74) is 0. The summed E-state index contributed by atoms with van der Waals surface area (Å²) in [7, 11) is 0. The molecule has 0 bridgehead atoms. The Hall–Kier alpha value is 0.700. The van der Waals surface area contributed by atoms with Crippen LogP contribution in [0.25, 0.3) is 0 Å². The molecule has 2 atom stereocenters. The molecule has 0 fully saturated rings. The third-order valence-corrected chi connectivity index (χ3v) is 3.98. The van der Waals surface area contributed by atoms with Crippen LogP contribution in [0.3, 0.4) is 0 Å². The lowest BCUT2D eigenvalue weighted by atomic mass is 9.97. The molecule has 2 unspecified atom stereocenters. The first-order valence-corrected chi connectivity index (χ1v) is 4.90. The largest absolute Gasteiger partial charge is 0.0833 e. The number of alkyl halides is 1. The molecule has 0 N–H and O–H groups in total. The maximum atomic E-state index is 3.58. The van der Waals surface area contributed by atoms with Crippen molar-refractivity contribution in [3.05, 3.63) is 10.6 Å². The van der Waals surface area contributed by atoms with Crippen LogP contribution in [0.5, 0.6) is 0 Å². The van der Waals surface area contributed by atoms with E-state index in [2.05, 4.69) is 44.9 Å². The lowest BCUT2D eigenvalue weighted by molar-refractivity contribution is 0.534. The molecule has 1 rings (SSSR count). The van der Waals surface area contributed by atoms with Crippen molar-refractivity contribution in [2.75, 3.05) is 0 Å². The Morgan fingerprint density at radius 3 is 2.78 bits per heavy atom. The van der Waals surface area contributed by atoms with E-state index in [4.69, 9.17) is 0 Å². The molecule has 52 valence electrons. The summed E-state index contributed by atoms with van der Waals surface area (Å²) in [5, 5.41) is 0. The number of rotatable bonds is 0. The highest BCUT2D eigenvalue weighted by Gasteiger charge is 2.16. The van der Waals surface area contributed by atoms with E-state index in [1.54, 1.807) is 0 Å². The molecule has 1 aliphatic carbocycles. The molecule has 0 saturated carbocycles. The van der Waals surface area contributed by atoms with E-state index in [0.717, 1.165) is 5.92 Å². The van der Waals surface area contributed by atoms with Crippen molar-refractivity contribution in [2.24, 2.45) is 5.92 Å². The van der Waals surface area contributed by atoms with E-state index in [1.165, 1.54) is 17.3 Å². The molecule has 0 aromatic carbocycles. The van der Waals surface area contributed by atoms with E-state index in [1.807, 2.05) is 0 Å². The Kier molecular flexibility index (Phi) is 2.77. The predicted octanol–water partition coefficient (Wildman–Crippen LogP) is 3.46. The molecular formula is C7H10Br2. The predicted molar refractivity (Wildman–Crippen MR) is 48.1 cm³/mol. The van der Waals surface area contributed by atoms with E-state index in [0.29, 0.717) is 4.83 Å². The van der Waals surface area contributed by atoms with Gasteiger partial charge in [0.15, 0.2) is 0 Å². The Balaban J connectivity index is 2.56. The Morgan fingerprint density at radius 1 is 1.67 bits per heavy atom. The van der Waals surface area contributed by atoms with Gasteiger partial charge in [-0.25, -0.2) is 0 Å². The fourth-order valence-electron chi connectivity index (χ4n) is 1.00. The second-order valence-electron chi connectivity index (χ2n) is 2.63. The molecule has 0 saturated heterocycles. The van der Waals surface area contributed by atoms with Crippen LogP contribution in [0.4, 0.5) is 0 Å². The first kappa shape index (κ1) is 7.80. The highest BCUT2D eigenvalue weighted by molar-refractivity contribution is 9.14. The number of hydrogen-bond acceptors (Lipinski definition) is 0. The topological polar surface area (TPSA) is 0 Å². The van der Waals surface area contributed by atoms with Crippen LogP contribution < -0.4 is 0 Å². The van der Waals surface area contributed by atoms with E-state index in [-0.39, 0.29) is 0 Å². The minimum absolute atomic E-state index is 0.571. The minimum atomic E-state index is 0.571. The van der Waals surface area contributed by atoms with Crippen LogP contribution in [0, 0.1) is 5.92 Å². The van der Waals surface area contributed by atoms with Crippen molar-refractivity contribution in [3.63, 3.8) is 0 Å². The van der Waals surface area contributed by atoms with Gasteiger partial charge >= 0.3 is 0 Å². The second kappa shape index (κ2) is 3.20. The zero-order valence-corrected chi connectivity index (χ0v) is 8.57. The summed E-state index contributed by atoms with van der Waals surface area (Å²) < 4.78 is 1.32. The maximum absolute atomic E-state index is 3.58. The number of halogens is 2. The third kappa shape index (κ3) is 2.08. The van der Waals surface area contributed by atoms with Gasteiger partial charge < -0.3 is 0 Å². The highest BCUT2D eigenvalue weighted by Crippen LogP contribution is 2.31. The van der Waals surface area contributed by atoms with Crippen LogP contribution >= 0.6 is 31.9 Å². The molecule has 9 heavy (non-hydrogen) atoms. The average molecular weight is 254 g/mol. The normalized spacial score (nSPS) is 36.1. The van der Waals surface area contributed by atoms with Gasteiger partial charge in [0.25, 0.3) is 0 Å². The highest BCUT2D eigenvalue weighted by atomic mass is 79.9. The Morgan fingerprint density at radius 2 is 2.33 bits per heavy atom. The van der Waals surface area contributed by atoms with Gasteiger partial charge in [0, 0.05) is 9.31 Å². The van der Waals surface area contributed by atoms with Crippen LogP contribution in [-0.2, 0) is 0 Å². The van der Waals surface area contributed by atoms with Gasteiger partial charge in [-0.2, -0.15) is 0 Å². The van der Waals surface area contributed by atoms with Gasteiger partial charge in [-0.15, -0.1) is 0 Å². The minimum Gasteiger partial charge on any atom is -0.0833 e. The molecule has 0 nitrogen and oxygen atoms in total. The van der Waals surface area contributed by atoms with Crippen LogP contribution in [0.1, 0.15) is 19.8 Å². The maximum Gasteiger partial charge on any atom is 0.0460 e. The van der Waals surface area contributed by atoms with Crippen molar-refractivity contribution in [2.45, 2.75) is 24.6 Å². The molecule has 0 radical (unpaired) electrons. The Labute approximate surface area is 73.0 Å². The van der Waals surface area contributed by atoms with Crippen molar-refractivity contribution in [3.8, 4) is 0 Å². The summed E-state index contributed by atoms with van der Waals surface area (Å²) in [6.07, 6.45) is 4.74. The van der Waals surface area contributed by atoms with Gasteiger partial charge in [0.05, 0.1) is 0 Å². The van der Waals surface area contributed by atoms with Gasteiger partial charge in [0.1, 0.15) is 0 Å². The standard InChI is InChI=1S/C7H10Br2/c1-5-2-3-6(8)7(9)4-5/h3,5,7H,2,4H2,1H3. The van der Waals surface area contributed by atoms with Crippen LogP contribution in [0.15, 0.2) is 10.6 Å². The molecule has 0 spiro atoms. The molecular weight excluding hydrogens is 244 g/mol. The average Bonchev–Trinajstić information content (AvgIpc) is 1.80. The quantitative estimate of drug-likeness (QED) is 0.580. The zero-order chi connectivity index (χ0) is 6.85. The van der Waals surface area contributed by atoms with Gasteiger partial charge in [-0.1, -0.05) is 44.9 Å². The summed E-state index contributed by atoms with van der Waals surface area (Å²) in [6, 6.07) is 0. The summed E-state index contributed by atoms with van der Waals surface area (Å²) >= 11 is 7.07. The van der Waals surface area contributed by atoms with Crippen molar-refractivity contribution in [1.29, 1.82) is 0 Å². The number of allylic oxidation sites excluding steroid dienone is 2. The summed E-state index contributed by atoms with van der Waals surface area (Å²) in [6.45, 7) is 2.28. The number of hydrogen-bond donors (Lipinski definition) is 0. The van der Waals surface area contributed by atoms with Crippen molar-refractivity contribution >= 4 is 31.9 Å². The zero-order valence-electron chi connectivity index (χ0n) is 5.40. The third-order valence-electron chi connectivity index (χ3n) is 1.62. The van der Waals surface area contributed by atoms with Crippen molar-refractivity contribution in [1.82, 2.24) is 0 Å². The molecule has 0 heterocycles. The monoisotopic (exact) mass is 252 g/mol. The van der Waals surface area contributed by atoms with Crippen LogP contribution in [-0.4, -0.2) is 4.83 Å². The summed E-state index contributed by atoms with van der Waals surface area (Å²) in [4.78, 5) is 0.571. The molecule has 0 amide bonds. The summed E-state index contributed by atoms with van der Waals surface area (Å²) in [5.74, 6) is 0.843. The lowest BCUT2D eigenvalue weighted by Gasteiger charge is -2.19. The molecule has 2 heteroatoms. The van der Waals surface area contributed by atoms with E-state index >= 15 is 0 Å². The fourth-order valence-corrected chi connectivity index (χ4v) is 2.20.